The van der Waals surface area contributed by atoms with Crippen molar-refractivity contribution in [1.82, 2.24) is 0 Å². The quantitative estimate of drug-likeness (QED) is 0.582. The molecular weight excluding hydrogens is 159 g/mol. The molecule has 0 unspecified atom stereocenters. The third kappa shape index (κ3) is 3.20. The van der Waals surface area contributed by atoms with Crippen LogP contribution < -0.4 is 5.11 Å². The second kappa shape index (κ2) is 4.71. The average Bonchev–Trinajstić information content (AvgIpc) is 2.00. The molecule has 0 heterocycles. The van der Waals surface area contributed by atoms with Crippen LogP contribution in [-0.2, 0) is 4.79 Å². The van der Waals surface area contributed by atoms with Gasteiger partial charge < -0.3 is 9.90 Å². The van der Waals surface area contributed by atoms with Crippen molar-refractivity contribution in [2.75, 3.05) is 24.6 Å². The summed E-state index contributed by atoms with van der Waals surface area (Å²) in [7, 11) is -1.16. The molecule has 3 heteroatoms. The fourth-order valence-electron chi connectivity index (χ4n) is 1.28. The van der Waals surface area contributed by atoms with Gasteiger partial charge in [0.25, 0.3) is 0 Å². The predicted octanol–water partition coefficient (Wildman–Crippen LogP) is 0.814. The van der Waals surface area contributed by atoms with Crippen LogP contribution in [0.25, 0.3) is 0 Å². The van der Waals surface area contributed by atoms with Crippen LogP contribution in [0.1, 0.15) is 20.8 Å². The summed E-state index contributed by atoms with van der Waals surface area (Å²) in [5, 5.41) is 10.4. The molecule has 0 spiro atoms. The number of carbonyl (C=O) groups is 1. The number of hydrogen-bond acceptors (Lipinski definition) is 2. The number of carboxylic acids is 1. The summed E-state index contributed by atoms with van der Waals surface area (Å²) in [5.74, 6) is -0.871. The van der Waals surface area contributed by atoms with E-state index in [1.807, 2.05) is 0 Å². The third-order valence-corrected chi connectivity index (χ3v) is 7.43. The minimum atomic E-state index is -1.16. The molecule has 0 saturated heterocycles. The van der Waals surface area contributed by atoms with Gasteiger partial charge in [-0.05, 0) is 20.8 Å². The van der Waals surface area contributed by atoms with Gasteiger partial charge in [-0.1, -0.05) is 0 Å². The lowest BCUT2D eigenvalue weighted by Gasteiger charge is -2.23. The van der Waals surface area contributed by atoms with Crippen LogP contribution in [0.15, 0.2) is 0 Å². The monoisotopic (exact) mass is 176 g/mol. The normalized spacial score (nSPS) is 11.5. The molecule has 0 atom stereocenters. The fourth-order valence-corrected chi connectivity index (χ4v) is 3.84. The molecule has 0 aromatic rings. The van der Waals surface area contributed by atoms with Crippen LogP contribution >= 0.6 is 7.26 Å². The summed E-state index contributed by atoms with van der Waals surface area (Å²) >= 11 is 0. The van der Waals surface area contributed by atoms with Crippen molar-refractivity contribution in [3.8, 4) is 0 Å². The Kier molecular flexibility index (Phi) is 4.67. The molecule has 0 radical (unpaired) electrons. The molecule has 0 fully saturated rings. The molecule has 0 aromatic heterocycles. The van der Waals surface area contributed by atoms with E-state index in [1.165, 1.54) is 0 Å². The molecule has 0 aromatic carbocycles. The third-order valence-electron chi connectivity index (χ3n) is 2.48. The smallest absolute Gasteiger partial charge is 0.0986 e. The zero-order valence-electron chi connectivity index (χ0n) is 7.59. The van der Waals surface area contributed by atoms with E-state index in [1.54, 1.807) is 0 Å². The van der Waals surface area contributed by atoms with E-state index in [2.05, 4.69) is 20.8 Å². The lowest BCUT2D eigenvalue weighted by atomic mass is 10.8. The topological polar surface area (TPSA) is 40.1 Å². The highest BCUT2D eigenvalue weighted by molar-refractivity contribution is 7.76. The highest BCUT2D eigenvalue weighted by atomic mass is 31.2. The summed E-state index contributed by atoms with van der Waals surface area (Å²) in [6, 6.07) is 0. The zero-order chi connectivity index (χ0) is 8.91. The molecule has 2 nitrogen and oxygen atoms in total. The fraction of sp³-hybridized carbons (Fsp3) is 0.875. The molecule has 0 N–H and O–H groups in total. The van der Waals surface area contributed by atoms with Gasteiger partial charge in [-0.25, -0.2) is 0 Å². The van der Waals surface area contributed by atoms with Gasteiger partial charge in [-0.2, -0.15) is 0 Å². The van der Waals surface area contributed by atoms with Crippen molar-refractivity contribution >= 4 is 13.2 Å². The van der Waals surface area contributed by atoms with E-state index >= 15 is 0 Å². The number of hydrogen-bond donors (Lipinski definition) is 0. The Balaban J connectivity index is 4.16. The van der Waals surface area contributed by atoms with E-state index in [0.717, 1.165) is 18.5 Å². The second-order valence-corrected chi connectivity index (χ2v) is 7.72. The maximum atomic E-state index is 10.4. The van der Waals surface area contributed by atoms with Gasteiger partial charge in [-0.3, -0.25) is 0 Å². The van der Waals surface area contributed by atoms with Crippen molar-refractivity contribution in [2.24, 2.45) is 0 Å². The Morgan fingerprint density at radius 1 is 1.18 bits per heavy atom. The van der Waals surface area contributed by atoms with Crippen LogP contribution in [0, 0.1) is 0 Å². The SMILES string of the molecule is CC[P+](CC)(CC)CC(=O)[O-]. The molecular formula is C8H17O2P. The van der Waals surface area contributed by atoms with Gasteiger partial charge >= 0.3 is 0 Å². The van der Waals surface area contributed by atoms with E-state index in [9.17, 15) is 9.90 Å². The molecule has 0 rings (SSSR count). The molecule has 0 aliphatic heterocycles. The van der Waals surface area contributed by atoms with Crippen molar-refractivity contribution in [3.05, 3.63) is 0 Å². The van der Waals surface area contributed by atoms with Crippen LogP contribution in [0.3, 0.4) is 0 Å². The first-order valence-electron chi connectivity index (χ1n) is 4.15. The predicted molar refractivity (Wildman–Crippen MR) is 48.4 cm³/mol. The number of carbonyl (C=O) groups excluding carboxylic acids is 1. The lowest BCUT2D eigenvalue weighted by molar-refractivity contribution is -0.301. The number of rotatable bonds is 5. The maximum Gasteiger partial charge on any atom is 0.0986 e. The van der Waals surface area contributed by atoms with Crippen molar-refractivity contribution < 1.29 is 9.90 Å². The first kappa shape index (κ1) is 10.9. The second-order valence-electron chi connectivity index (χ2n) is 2.82. The minimum absolute atomic E-state index is 0.316. The maximum absolute atomic E-state index is 10.4. The molecule has 0 aliphatic carbocycles. The zero-order valence-corrected chi connectivity index (χ0v) is 8.49. The van der Waals surface area contributed by atoms with Crippen LogP contribution in [0.5, 0.6) is 0 Å². The van der Waals surface area contributed by atoms with Gasteiger partial charge in [0.05, 0.1) is 30.6 Å². The van der Waals surface area contributed by atoms with E-state index in [-0.39, 0.29) is 0 Å². The highest BCUT2D eigenvalue weighted by Gasteiger charge is 2.30. The molecule has 0 aliphatic rings. The molecule has 0 amide bonds. The Hall–Kier alpha value is -0.100. The van der Waals surface area contributed by atoms with Crippen LogP contribution in [-0.4, -0.2) is 30.6 Å². The largest absolute Gasteiger partial charge is 0.546 e. The standard InChI is InChI=1S/C8H17O2P/c1-4-11(5-2,6-3)7-8(9)10/h4-7H2,1-3H3. The lowest BCUT2D eigenvalue weighted by Crippen LogP contribution is -2.29. The van der Waals surface area contributed by atoms with Gasteiger partial charge in [0.2, 0.25) is 0 Å². The van der Waals surface area contributed by atoms with Gasteiger partial charge in [0.15, 0.2) is 0 Å². The summed E-state index contributed by atoms with van der Waals surface area (Å²) < 4.78 is 0. The summed E-state index contributed by atoms with van der Waals surface area (Å²) in [4.78, 5) is 10.4. The minimum Gasteiger partial charge on any atom is -0.546 e. The summed E-state index contributed by atoms with van der Waals surface area (Å²) in [6.45, 7) is 6.26. The Morgan fingerprint density at radius 2 is 1.55 bits per heavy atom. The summed E-state index contributed by atoms with van der Waals surface area (Å²) in [5.41, 5.74) is 0. The van der Waals surface area contributed by atoms with Crippen molar-refractivity contribution in [3.63, 3.8) is 0 Å². The van der Waals surface area contributed by atoms with Crippen LogP contribution in [0.2, 0.25) is 0 Å². The van der Waals surface area contributed by atoms with E-state index in [4.69, 9.17) is 0 Å². The first-order valence-corrected chi connectivity index (χ1v) is 6.68. The molecule has 0 bridgehead atoms. The van der Waals surface area contributed by atoms with Crippen molar-refractivity contribution in [1.29, 1.82) is 0 Å². The van der Waals surface area contributed by atoms with Gasteiger partial charge in [0.1, 0.15) is 0 Å². The van der Waals surface area contributed by atoms with E-state index < -0.39 is 13.2 Å². The summed E-state index contributed by atoms with van der Waals surface area (Å²) in [6.07, 6.45) is 3.42. The highest BCUT2D eigenvalue weighted by Crippen LogP contribution is 2.57. The van der Waals surface area contributed by atoms with Crippen LogP contribution in [0.4, 0.5) is 0 Å². The first-order chi connectivity index (χ1) is 5.10. The molecule has 11 heavy (non-hydrogen) atoms. The van der Waals surface area contributed by atoms with Gasteiger partial charge in [0, 0.05) is 7.26 Å². The Bertz CT molecular complexity index is 122. The number of carboxylic acid groups (broad SMARTS) is 1. The van der Waals surface area contributed by atoms with Gasteiger partial charge in [-0.15, -0.1) is 0 Å². The van der Waals surface area contributed by atoms with E-state index in [0.29, 0.717) is 6.16 Å². The Morgan fingerprint density at radius 3 is 1.64 bits per heavy atom. The van der Waals surface area contributed by atoms with Crippen molar-refractivity contribution in [2.45, 2.75) is 20.8 Å². The number of aliphatic carboxylic acids is 1. The average molecular weight is 176 g/mol. The molecule has 0 saturated carbocycles. The molecule has 66 valence electrons. The Labute approximate surface area is 69.3 Å².